The van der Waals surface area contributed by atoms with Gasteiger partial charge in [-0.05, 0) is 40.5 Å². The summed E-state index contributed by atoms with van der Waals surface area (Å²) < 4.78 is 4.83. The van der Waals surface area contributed by atoms with E-state index < -0.39 is 28.6 Å². The third-order valence-electron chi connectivity index (χ3n) is 8.26. The van der Waals surface area contributed by atoms with Crippen molar-refractivity contribution in [3.8, 4) is 0 Å². The number of halogens is 1. The summed E-state index contributed by atoms with van der Waals surface area (Å²) >= 11 is 6.20. The zero-order valence-electron chi connectivity index (χ0n) is 19.0. The van der Waals surface area contributed by atoms with Crippen LogP contribution in [0.25, 0.3) is 0 Å². The van der Waals surface area contributed by atoms with Crippen molar-refractivity contribution in [2.45, 2.75) is 24.7 Å². The number of rotatable bonds is 2. The van der Waals surface area contributed by atoms with Crippen LogP contribution in [0.4, 0.5) is 5.69 Å². The fraction of sp³-hybridized carbons (Fsp3) is 0.250. The van der Waals surface area contributed by atoms with Crippen molar-refractivity contribution in [2.75, 3.05) is 12.0 Å². The molecule has 1 saturated heterocycles. The average Bonchev–Trinajstić information content (AvgIpc) is 3.13. The lowest BCUT2D eigenvalue weighted by Crippen LogP contribution is -2.59. The van der Waals surface area contributed by atoms with E-state index in [4.69, 9.17) is 16.3 Å². The predicted molar refractivity (Wildman–Crippen MR) is 128 cm³/mol. The average molecular weight is 472 g/mol. The molecule has 1 fully saturated rings. The van der Waals surface area contributed by atoms with Crippen LogP contribution < -0.4 is 4.90 Å². The van der Waals surface area contributed by atoms with Gasteiger partial charge in [0, 0.05) is 10.8 Å². The quantitative estimate of drug-likeness (QED) is 0.395. The number of amides is 2. The molecule has 3 aromatic rings. The number of benzene rings is 3. The van der Waals surface area contributed by atoms with E-state index in [0.717, 1.165) is 22.3 Å². The van der Waals surface area contributed by atoms with Gasteiger partial charge in [-0.15, -0.1) is 0 Å². The van der Waals surface area contributed by atoms with E-state index in [1.54, 1.807) is 6.07 Å². The van der Waals surface area contributed by atoms with Gasteiger partial charge in [-0.1, -0.05) is 74.0 Å². The number of imide groups is 1. The maximum Gasteiger partial charge on any atom is 0.339 e. The van der Waals surface area contributed by atoms with Gasteiger partial charge >= 0.3 is 5.97 Å². The van der Waals surface area contributed by atoms with Gasteiger partial charge in [-0.2, -0.15) is 0 Å². The summed E-state index contributed by atoms with van der Waals surface area (Å²) in [6, 6.07) is 20.9. The minimum absolute atomic E-state index is 0.115. The number of carbonyl (C=O) groups excluding carboxylic acids is 3. The van der Waals surface area contributed by atoms with Gasteiger partial charge in [-0.25, -0.2) is 9.69 Å². The topological polar surface area (TPSA) is 63.7 Å². The molecule has 4 aliphatic rings. The first kappa shape index (κ1) is 21.1. The van der Waals surface area contributed by atoms with Crippen LogP contribution in [-0.2, 0) is 25.2 Å². The smallest absolute Gasteiger partial charge is 0.339 e. The van der Waals surface area contributed by atoms with Crippen LogP contribution in [0.2, 0.25) is 5.02 Å². The molecule has 5 nitrogen and oxygen atoms in total. The largest absolute Gasteiger partial charge is 0.465 e. The Kier molecular flexibility index (Phi) is 4.22. The molecule has 0 aromatic heterocycles. The van der Waals surface area contributed by atoms with Crippen molar-refractivity contribution in [1.29, 1.82) is 0 Å². The molecule has 170 valence electrons. The van der Waals surface area contributed by atoms with E-state index >= 15 is 0 Å². The Balaban J connectivity index is 1.59. The number of hydrogen-bond acceptors (Lipinski definition) is 4. The Bertz CT molecular complexity index is 1310. The van der Waals surface area contributed by atoms with Crippen molar-refractivity contribution < 1.29 is 19.1 Å². The predicted octanol–water partition coefficient (Wildman–Crippen LogP) is 4.87. The molecule has 0 radical (unpaired) electrons. The molecule has 0 spiro atoms. The standard InChI is InChI=1S/C28H22ClNO4/c1-27-17-8-4-6-10-19(17)28(2,20-11-7-5-9-18(20)27)23-22(27)24(31)30(25(23)32)15-12-13-21(29)16(14-15)26(33)34-3/h4-14,22-23H,1-3H3/t22-,23+,27?,28?. The summed E-state index contributed by atoms with van der Waals surface area (Å²) in [5.74, 6) is -2.27. The van der Waals surface area contributed by atoms with Crippen molar-refractivity contribution in [3.05, 3.63) is 99.6 Å². The van der Waals surface area contributed by atoms with Crippen molar-refractivity contribution >= 4 is 35.1 Å². The van der Waals surface area contributed by atoms with Crippen LogP contribution in [0, 0.1) is 11.8 Å². The van der Waals surface area contributed by atoms with Gasteiger partial charge in [0.1, 0.15) is 0 Å². The lowest BCUT2D eigenvalue weighted by molar-refractivity contribution is -0.124. The lowest BCUT2D eigenvalue weighted by atomic mass is 9.42. The molecule has 2 bridgehead atoms. The molecule has 7 rings (SSSR count). The van der Waals surface area contributed by atoms with Crippen LogP contribution in [-0.4, -0.2) is 24.9 Å². The first-order chi connectivity index (χ1) is 16.3. The van der Waals surface area contributed by atoms with Gasteiger partial charge in [0.25, 0.3) is 0 Å². The second-order valence-electron chi connectivity index (χ2n) is 9.62. The Morgan fingerprint density at radius 3 is 1.68 bits per heavy atom. The third-order valence-corrected chi connectivity index (χ3v) is 8.59. The van der Waals surface area contributed by atoms with Crippen LogP contribution in [0.5, 0.6) is 0 Å². The van der Waals surface area contributed by atoms with Gasteiger partial charge in [0.05, 0.1) is 35.2 Å². The number of nitrogens with zero attached hydrogens (tertiary/aromatic N) is 1. The third kappa shape index (κ3) is 2.28. The minimum Gasteiger partial charge on any atom is -0.465 e. The highest BCUT2D eigenvalue weighted by Gasteiger charge is 2.70. The normalized spacial score (nSPS) is 28.4. The molecule has 3 aromatic carbocycles. The Morgan fingerprint density at radius 1 is 0.824 bits per heavy atom. The van der Waals surface area contributed by atoms with Crippen molar-refractivity contribution in [2.24, 2.45) is 11.8 Å². The molecular formula is C28H22ClNO4. The molecule has 2 atom stereocenters. The number of anilines is 1. The summed E-state index contributed by atoms with van der Waals surface area (Å²) in [6.45, 7) is 4.16. The van der Waals surface area contributed by atoms with Crippen molar-refractivity contribution in [1.82, 2.24) is 0 Å². The first-order valence-corrected chi connectivity index (χ1v) is 11.6. The van der Waals surface area contributed by atoms with E-state index in [9.17, 15) is 14.4 Å². The number of esters is 1. The second-order valence-corrected chi connectivity index (χ2v) is 10.0. The lowest BCUT2D eigenvalue weighted by Gasteiger charge is -2.57. The maximum atomic E-state index is 14.1. The number of hydrogen-bond donors (Lipinski definition) is 0. The van der Waals surface area contributed by atoms with Gasteiger partial charge in [-0.3, -0.25) is 9.59 Å². The van der Waals surface area contributed by atoms with Crippen LogP contribution in [0.3, 0.4) is 0 Å². The Morgan fingerprint density at radius 2 is 1.26 bits per heavy atom. The fourth-order valence-corrected chi connectivity index (χ4v) is 6.94. The van der Waals surface area contributed by atoms with Gasteiger partial charge < -0.3 is 4.74 Å². The zero-order chi connectivity index (χ0) is 24.0. The van der Waals surface area contributed by atoms with Gasteiger partial charge in [0.15, 0.2) is 0 Å². The van der Waals surface area contributed by atoms with E-state index in [1.165, 1.54) is 24.1 Å². The SMILES string of the molecule is COC(=O)c1cc(N2C(=O)[C@@H]3[C@H](C2=O)C2(C)c4ccccc4C3(C)c3ccccc32)ccc1Cl. The fourth-order valence-electron chi connectivity index (χ4n) is 6.74. The zero-order valence-corrected chi connectivity index (χ0v) is 19.7. The van der Waals surface area contributed by atoms with Gasteiger partial charge in [0.2, 0.25) is 11.8 Å². The molecule has 0 saturated carbocycles. The summed E-state index contributed by atoms with van der Waals surface area (Å²) in [6.07, 6.45) is 0. The Labute approximate surface area is 202 Å². The highest BCUT2D eigenvalue weighted by atomic mass is 35.5. The molecule has 3 aliphatic carbocycles. The molecule has 34 heavy (non-hydrogen) atoms. The molecule has 2 amide bonds. The van der Waals surface area contributed by atoms with Crippen LogP contribution in [0.1, 0.15) is 46.5 Å². The summed E-state index contributed by atoms with van der Waals surface area (Å²) in [7, 11) is 1.26. The minimum atomic E-state index is -0.658. The highest BCUT2D eigenvalue weighted by molar-refractivity contribution is 6.34. The van der Waals surface area contributed by atoms with Crippen LogP contribution >= 0.6 is 11.6 Å². The Hall–Kier alpha value is -3.44. The summed E-state index contributed by atoms with van der Waals surface area (Å²) in [5, 5.41) is 0.200. The van der Waals surface area contributed by atoms with E-state index in [1.807, 2.05) is 24.3 Å². The van der Waals surface area contributed by atoms with Crippen LogP contribution in [0.15, 0.2) is 66.7 Å². The molecule has 1 heterocycles. The van der Waals surface area contributed by atoms with E-state index in [-0.39, 0.29) is 22.4 Å². The molecule has 0 N–H and O–H groups in total. The second kappa shape index (κ2) is 6.80. The highest BCUT2D eigenvalue weighted by Crippen LogP contribution is 2.66. The molecule has 0 unspecified atom stereocenters. The molecule has 1 aliphatic heterocycles. The van der Waals surface area contributed by atoms with E-state index in [0.29, 0.717) is 5.69 Å². The molecular weight excluding hydrogens is 450 g/mol. The first-order valence-electron chi connectivity index (χ1n) is 11.2. The van der Waals surface area contributed by atoms with Crippen molar-refractivity contribution in [3.63, 3.8) is 0 Å². The maximum absolute atomic E-state index is 14.1. The monoisotopic (exact) mass is 471 g/mol. The summed E-state index contributed by atoms with van der Waals surface area (Å²) in [5.41, 5.74) is 3.49. The number of ether oxygens (including phenoxy) is 1. The van der Waals surface area contributed by atoms with E-state index in [2.05, 4.69) is 38.1 Å². The number of methoxy groups -OCH3 is 1. The number of carbonyl (C=O) groups is 3. The molecule has 6 heteroatoms. The summed E-state index contributed by atoms with van der Waals surface area (Å²) in [4.78, 5) is 41.7.